The van der Waals surface area contributed by atoms with E-state index in [0.717, 1.165) is 19.3 Å². The minimum absolute atomic E-state index is 0.0165. The van der Waals surface area contributed by atoms with Gasteiger partial charge in [0.05, 0.1) is 6.04 Å². The maximum Gasteiger partial charge on any atom is 0.411 e. The molecule has 0 bridgehead atoms. The smallest absolute Gasteiger partial charge is 0.411 e. The molecule has 0 saturated heterocycles. The molecule has 4 nitrogen and oxygen atoms in total. The normalized spacial score (nSPS) is 16.6. The van der Waals surface area contributed by atoms with Crippen molar-refractivity contribution in [2.24, 2.45) is 0 Å². The predicted octanol–water partition coefficient (Wildman–Crippen LogP) is 5.91. The third kappa shape index (κ3) is 6.19. The Hall–Kier alpha value is -2.37. The molecule has 1 atom stereocenters. The zero-order valence-corrected chi connectivity index (χ0v) is 22.7. The van der Waals surface area contributed by atoms with Gasteiger partial charge in [0.2, 0.25) is 0 Å². The number of unbranched alkanes of at least 4 members (excludes halogenated alkanes) is 1. The second-order valence-corrected chi connectivity index (χ2v) is 15.4. The number of rotatable bonds is 8. The fourth-order valence-corrected chi connectivity index (χ4v) is 9.40. The first-order chi connectivity index (χ1) is 16.0. The average molecular weight is 480 g/mol. The van der Waals surface area contributed by atoms with Crippen LogP contribution in [0.1, 0.15) is 60.8 Å². The summed E-state index contributed by atoms with van der Waals surface area (Å²) in [7, 11) is -2.49. The lowest BCUT2D eigenvalue weighted by molar-refractivity contribution is 0.0235. The van der Waals surface area contributed by atoms with Crippen molar-refractivity contribution in [3.8, 4) is 0 Å². The van der Waals surface area contributed by atoms with E-state index in [2.05, 4.69) is 93.6 Å². The van der Waals surface area contributed by atoms with Gasteiger partial charge in [-0.15, -0.1) is 0 Å². The minimum Gasteiger partial charge on any atom is -0.444 e. The molecule has 5 heteroatoms. The fraction of sp³-hybridized carbons (Fsp3) is 0.483. The number of hydrogen-bond acceptors (Lipinski definition) is 3. The molecule has 184 valence electrons. The van der Waals surface area contributed by atoms with Gasteiger partial charge in [-0.2, -0.15) is 0 Å². The van der Waals surface area contributed by atoms with Crippen molar-refractivity contribution in [2.75, 3.05) is 13.2 Å². The van der Waals surface area contributed by atoms with Gasteiger partial charge < -0.3 is 9.16 Å². The Labute approximate surface area is 207 Å². The Morgan fingerprint density at radius 3 is 1.97 bits per heavy atom. The number of amides is 1. The van der Waals surface area contributed by atoms with Crippen LogP contribution in [-0.4, -0.2) is 44.1 Å². The molecule has 0 spiro atoms. The molecule has 0 aromatic heterocycles. The second kappa shape index (κ2) is 10.9. The highest BCUT2D eigenvalue weighted by atomic mass is 28.4. The molecule has 2 aromatic carbocycles. The van der Waals surface area contributed by atoms with Crippen LogP contribution in [0.4, 0.5) is 4.79 Å². The van der Waals surface area contributed by atoms with Crippen molar-refractivity contribution >= 4 is 24.8 Å². The Bertz CT molecular complexity index is 905. The molecule has 0 saturated carbocycles. The number of hydrogen-bond donors (Lipinski definition) is 0. The first kappa shape index (κ1) is 26.2. The van der Waals surface area contributed by atoms with Gasteiger partial charge in [0.15, 0.2) is 0 Å². The van der Waals surface area contributed by atoms with Gasteiger partial charge in [0.25, 0.3) is 8.32 Å². The summed E-state index contributed by atoms with van der Waals surface area (Å²) < 4.78 is 12.6. The minimum atomic E-state index is -2.49. The molecule has 1 amide bonds. The quantitative estimate of drug-likeness (QED) is 0.268. The van der Waals surface area contributed by atoms with Crippen molar-refractivity contribution in [1.29, 1.82) is 0 Å². The maximum atomic E-state index is 12.6. The second-order valence-electron chi connectivity index (χ2n) is 11.1. The monoisotopic (exact) mass is 479 g/mol. The van der Waals surface area contributed by atoms with Gasteiger partial charge in [-0.1, -0.05) is 93.6 Å². The van der Waals surface area contributed by atoms with Gasteiger partial charge in [-0.3, -0.25) is 4.90 Å². The van der Waals surface area contributed by atoms with Gasteiger partial charge in [0, 0.05) is 13.2 Å². The molecule has 1 aliphatic heterocycles. The molecular weight excluding hydrogens is 438 g/mol. The summed E-state index contributed by atoms with van der Waals surface area (Å²) in [6.07, 6.45) is 6.83. The van der Waals surface area contributed by atoms with Gasteiger partial charge in [-0.25, -0.2) is 4.79 Å². The molecule has 0 fully saturated rings. The summed E-state index contributed by atoms with van der Waals surface area (Å²) in [4.78, 5) is 14.4. The Kier molecular flexibility index (Phi) is 8.42. The molecular formula is C29H41NO3Si. The molecule has 1 heterocycles. The molecule has 0 N–H and O–H groups in total. The summed E-state index contributed by atoms with van der Waals surface area (Å²) >= 11 is 0. The zero-order valence-electron chi connectivity index (χ0n) is 21.7. The van der Waals surface area contributed by atoms with Crippen LogP contribution >= 0.6 is 0 Å². The van der Waals surface area contributed by atoms with Crippen LogP contribution in [0.25, 0.3) is 0 Å². The molecule has 0 aliphatic carbocycles. The Morgan fingerprint density at radius 2 is 1.47 bits per heavy atom. The highest BCUT2D eigenvalue weighted by Gasteiger charge is 2.49. The van der Waals surface area contributed by atoms with Crippen LogP contribution < -0.4 is 10.4 Å². The first-order valence-electron chi connectivity index (χ1n) is 12.5. The molecule has 0 unspecified atom stereocenters. The summed E-state index contributed by atoms with van der Waals surface area (Å²) in [5.74, 6) is 0. The summed E-state index contributed by atoms with van der Waals surface area (Å²) in [5.41, 5.74) is -0.478. The lowest BCUT2D eigenvalue weighted by atomic mass is 10.1. The van der Waals surface area contributed by atoms with Crippen molar-refractivity contribution in [1.82, 2.24) is 4.90 Å². The molecule has 0 radical (unpaired) electrons. The SMILES string of the molecule is CC(C)(C)OC(=O)N1CC=C[C@@H]1CCCCO[Si](c1ccccc1)(c1ccccc1)C(C)(C)C. The summed E-state index contributed by atoms with van der Waals surface area (Å²) in [6.45, 7) is 14.0. The van der Waals surface area contributed by atoms with Crippen molar-refractivity contribution in [2.45, 2.75) is 77.5 Å². The van der Waals surface area contributed by atoms with Crippen LogP contribution in [-0.2, 0) is 9.16 Å². The largest absolute Gasteiger partial charge is 0.444 e. The number of nitrogens with zero attached hydrogens (tertiary/aromatic N) is 1. The lowest BCUT2D eigenvalue weighted by Gasteiger charge is -2.43. The van der Waals surface area contributed by atoms with E-state index in [-0.39, 0.29) is 17.2 Å². The van der Waals surface area contributed by atoms with Crippen molar-refractivity contribution < 1.29 is 14.0 Å². The summed E-state index contributed by atoms with van der Waals surface area (Å²) in [5, 5.41) is 2.60. The van der Waals surface area contributed by atoms with Gasteiger partial charge >= 0.3 is 6.09 Å². The van der Waals surface area contributed by atoms with Gasteiger partial charge in [0.1, 0.15) is 5.60 Å². The van der Waals surface area contributed by atoms with E-state index in [1.807, 2.05) is 25.7 Å². The molecule has 2 aromatic rings. The van der Waals surface area contributed by atoms with Crippen LogP contribution in [0.3, 0.4) is 0 Å². The van der Waals surface area contributed by atoms with E-state index >= 15 is 0 Å². The van der Waals surface area contributed by atoms with Gasteiger partial charge in [-0.05, 0) is 55.4 Å². The standard InChI is InChI=1S/C29H41NO3Si/c1-28(2,3)33-27(31)30-22-15-17-24(30)16-13-14-23-32-34(29(4,5)6,25-18-9-7-10-19-25)26-20-11-8-12-21-26/h7-12,15,17-21,24H,13-14,16,22-23H2,1-6H3/t24-/m0/s1. The van der Waals surface area contributed by atoms with Crippen molar-refractivity contribution in [3.63, 3.8) is 0 Å². The lowest BCUT2D eigenvalue weighted by Crippen LogP contribution is -2.66. The van der Waals surface area contributed by atoms with E-state index in [9.17, 15) is 4.79 Å². The van der Waals surface area contributed by atoms with E-state index < -0.39 is 13.9 Å². The van der Waals surface area contributed by atoms with Crippen LogP contribution in [0.2, 0.25) is 5.04 Å². The van der Waals surface area contributed by atoms with E-state index in [0.29, 0.717) is 13.2 Å². The third-order valence-corrected chi connectivity index (χ3v) is 11.4. The van der Waals surface area contributed by atoms with E-state index in [1.54, 1.807) is 0 Å². The third-order valence-electron chi connectivity index (χ3n) is 6.32. The molecule has 1 aliphatic rings. The van der Waals surface area contributed by atoms with E-state index in [1.165, 1.54) is 10.4 Å². The first-order valence-corrected chi connectivity index (χ1v) is 14.4. The van der Waals surface area contributed by atoms with Crippen LogP contribution in [0, 0.1) is 0 Å². The number of carbonyl (C=O) groups is 1. The van der Waals surface area contributed by atoms with Crippen LogP contribution in [0.5, 0.6) is 0 Å². The summed E-state index contributed by atoms with van der Waals surface area (Å²) in [6, 6.07) is 21.6. The fourth-order valence-electron chi connectivity index (χ4n) is 4.80. The van der Waals surface area contributed by atoms with Crippen LogP contribution in [0.15, 0.2) is 72.8 Å². The zero-order chi connectivity index (χ0) is 24.8. The molecule has 34 heavy (non-hydrogen) atoms. The average Bonchev–Trinajstić information content (AvgIpc) is 3.24. The maximum absolute atomic E-state index is 12.6. The predicted molar refractivity (Wildman–Crippen MR) is 143 cm³/mol. The number of benzene rings is 2. The number of carbonyl (C=O) groups excluding carboxylic acids is 1. The highest BCUT2D eigenvalue weighted by Crippen LogP contribution is 2.37. The Balaban J connectivity index is 1.67. The highest BCUT2D eigenvalue weighted by molar-refractivity contribution is 6.99. The topological polar surface area (TPSA) is 38.8 Å². The molecule has 3 rings (SSSR count). The number of ether oxygens (including phenoxy) is 1. The Morgan fingerprint density at radius 1 is 0.912 bits per heavy atom. The van der Waals surface area contributed by atoms with E-state index in [4.69, 9.17) is 9.16 Å². The van der Waals surface area contributed by atoms with Crippen molar-refractivity contribution in [3.05, 3.63) is 72.8 Å².